The number of ether oxygens (including phenoxy) is 1. The normalized spacial score (nSPS) is 10.5. The van der Waals surface area contributed by atoms with E-state index in [1.165, 1.54) is 18.5 Å². The molecule has 0 saturated carbocycles. The van der Waals surface area contributed by atoms with E-state index >= 15 is 0 Å². The molecule has 5 heteroatoms. The molecule has 3 rings (SSSR count). The first-order valence-corrected chi connectivity index (χ1v) is 7.04. The summed E-state index contributed by atoms with van der Waals surface area (Å²) in [6.45, 7) is 0.393. The second kappa shape index (κ2) is 6.54. The second-order valence-electron chi connectivity index (χ2n) is 4.66. The van der Waals surface area contributed by atoms with E-state index in [4.69, 9.17) is 16.3 Å². The van der Waals surface area contributed by atoms with E-state index in [-0.39, 0.29) is 5.28 Å². The monoisotopic (exact) mass is 314 g/mol. The van der Waals surface area contributed by atoms with Crippen LogP contribution in [0.4, 0.5) is 4.39 Å². The quantitative estimate of drug-likeness (QED) is 0.664. The Bertz CT molecular complexity index is 763. The largest absolute Gasteiger partial charge is 0.489 e. The maximum atomic E-state index is 14.2. The summed E-state index contributed by atoms with van der Waals surface area (Å²) >= 11 is 5.63. The predicted octanol–water partition coefficient (Wildman–Crippen LogP) is 4.52. The molecule has 1 aromatic heterocycles. The van der Waals surface area contributed by atoms with Crippen molar-refractivity contribution in [2.75, 3.05) is 0 Å². The van der Waals surface area contributed by atoms with Gasteiger partial charge in [-0.3, -0.25) is 0 Å². The van der Waals surface area contributed by atoms with Gasteiger partial charge in [0.15, 0.2) is 0 Å². The number of hydrogen-bond donors (Lipinski definition) is 0. The minimum Gasteiger partial charge on any atom is -0.489 e. The summed E-state index contributed by atoms with van der Waals surface area (Å²) in [6, 6.07) is 14.4. The third-order valence-corrected chi connectivity index (χ3v) is 3.32. The van der Waals surface area contributed by atoms with E-state index in [2.05, 4.69) is 9.97 Å². The van der Waals surface area contributed by atoms with E-state index in [9.17, 15) is 4.39 Å². The average Bonchev–Trinajstić information content (AvgIpc) is 2.55. The Labute approximate surface area is 132 Å². The fourth-order valence-electron chi connectivity index (χ4n) is 2.01. The molecule has 0 atom stereocenters. The molecule has 3 aromatic rings. The van der Waals surface area contributed by atoms with Gasteiger partial charge in [0.25, 0.3) is 0 Å². The lowest BCUT2D eigenvalue weighted by Crippen LogP contribution is -1.96. The van der Waals surface area contributed by atoms with Gasteiger partial charge in [0.2, 0.25) is 5.28 Å². The van der Waals surface area contributed by atoms with Gasteiger partial charge in [-0.2, -0.15) is 0 Å². The SMILES string of the molecule is Fc1cc(OCc2ccccc2)ccc1-c1cnc(Cl)nc1. The van der Waals surface area contributed by atoms with Crippen LogP contribution in [0, 0.1) is 5.82 Å². The molecule has 2 aromatic carbocycles. The number of halogens is 2. The van der Waals surface area contributed by atoms with Crippen molar-refractivity contribution in [3.63, 3.8) is 0 Å². The Morgan fingerprint density at radius 1 is 1.00 bits per heavy atom. The summed E-state index contributed by atoms with van der Waals surface area (Å²) in [6.07, 6.45) is 2.97. The lowest BCUT2D eigenvalue weighted by molar-refractivity contribution is 0.304. The van der Waals surface area contributed by atoms with Crippen LogP contribution in [0.15, 0.2) is 60.9 Å². The third-order valence-electron chi connectivity index (χ3n) is 3.12. The third kappa shape index (κ3) is 3.40. The molecular formula is C17H12ClFN2O. The van der Waals surface area contributed by atoms with Gasteiger partial charge in [-0.05, 0) is 29.3 Å². The van der Waals surface area contributed by atoms with E-state index in [0.717, 1.165) is 5.56 Å². The Hall–Kier alpha value is -2.46. The molecule has 0 radical (unpaired) electrons. The molecular weight excluding hydrogens is 303 g/mol. The fourth-order valence-corrected chi connectivity index (χ4v) is 2.11. The lowest BCUT2D eigenvalue weighted by atomic mass is 10.1. The maximum Gasteiger partial charge on any atom is 0.222 e. The van der Waals surface area contributed by atoms with E-state index < -0.39 is 5.82 Å². The molecule has 0 aliphatic heterocycles. The number of benzene rings is 2. The first-order valence-electron chi connectivity index (χ1n) is 6.66. The smallest absolute Gasteiger partial charge is 0.222 e. The molecule has 0 bridgehead atoms. The van der Waals surface area contributed by atoms with Crippen molar-refractivity contribution < 1.29 is 9.13 Å². The van der Waals surface area contributed by atoms with Gasteiger partial charge in [0.05, 0.1) is 0 Å². The molecule has 0 N–H and O–H groups in total. The second-order valence-corrected chi connectivity index (χ2v) is 4.99. The molecule has 0 spiro atoms. The summed E-state index contributed by atoms with van der Waals surface area (Å²) in [7, 11) is 0. The van der Waals surface area contributed by atoms with Gasteiger partial charge in [0, 0.05) is 29.6 Å². The average molecular weight is 315 g/mol. The molecule has 22 heavy (non-hydrogen) atoms. The number of rotatable bonds is 4. The Morgan fingerprint density at radius 2 is 1.73 bits per heavy atom. The fraction of sp³-hybridized carbons (Fsp3) is 0.0588. The van der Waals surface area contributed by atoms with Gasteiger partial charge in [-0.1, -0.05) is 30.3 Å². The molecule has 3 nitrogen and oxygen atoms in total. The highest BCUT2D eigenvalue weighted by Gasteiger charge is 2.08. The first-order chi connectivity index (χ1) is 10.7. The zero-order valence-electron chi connectivity index (χ0n) is 11.5. The summed E-state index contributed by atoms with van der Waals surface area (Å²) in [5, 5.41) is 0.131. The highest BCUT2D eigenvalue weighted by molar-refractivity contribution is 6.28. The van der Waals surface area contributed by atoms with Crippen molar-refractivity contribution >= 4 is 11.6 Å². The molecule has 0 unspecified atom stereocenters. The zero-order valence-corrected chi connectivity index (χ0v) is 12.3. The Morgan fingerprint density at radius 3 is 2.41 bits per heavy atom. The summed E-state index contributed by atoms with van der Waals surface area (Å²) in [5.74, 6) is 0.0801. The van der Waals surface area contributed by atoms with Crippen LogP contribution in [0.25, 0.3) is 11.1 Å². The van der Waals surface area contributed by atoms with Crippen molar-refractivity contribution in [1.29, 1.82) is 0 Å². The van der Waals surface area contributed by atoms with Gasteiger partial charge in [0.1, 0.15) is 18.2 Å². The van der Waals surface area contributed by atoms with Gasteiger partial charge in [-0.15, -0.1) is 0 Å². The zero-order chi connectivity index (χ0) is 15.4. The molecule has 0 amide bonds. The maximum absolute atomic E-state index is 14.2. The van der Waals surface area contributed by atoms with Crippen LogP contribution in [-0.2, 0) is 6.61 Å². The number of aromatic nitrogens is 2. The number of nitrogens with zero attached hydrogens (tertiary/aromatic N) is 2. The highest BCUT2D eigenvalue weighted by Crippen LogP contribution is 2.26. The molecule has 0 saturated heterocycles. The minimum atomic E-state index is -0.392. The van der Waals surface area contributed by atoms with E-state index in [1.807, 2.05) is 30.3 Å². The minimum absolute atomic E-state index is 0.131. The van der Waals surface area contributed by atoms with Crippen molar-refractivity contribution in [2.45, 2.75) is 6.61 Å². The van der Waals surface area contributed by atoms with Gasteiger partial charge in [-0.25, -0.2) is 14.4 Å². The van der Waals surface area contributed by atoms with Crippen molar-refractivity contribution in [3.8, 4) is 16.9 Å². The number of hydrogen-bond acceptors (Lipinski definition) is 3. The highest BCUT2D eigenvalue weighted by atomic mass is 35.5. The van der Waals surface area contributed by atoms with Crippen molar-refractivity contribution in [3.05, 3.63) is 77.6 Å². The lowest BCUT2D eigenvalue weighted by Gasteiger charge is -2.08. The summed E-state index contributed by atoms with van der Waals surface area (Å²) in [5.41, 5.74) is 2.00. The van der Waals surface area contributed by atoms with Crippen LogP contribution in [0.1, 0.15) is 5.56 Å². The summed E-state index contributed by atoms with van der Waals surface area (Å²) in [4.78, 5) is 7.70. The topological polar surface area (TPSA) is 35.0 Å². The van der Waals surface area contributed by atoms with Gasteiger partial charge >= 0.3 is 0 Å². The van der Waals surface area contributed by atoms with Crippen molar-refractivity contribution in [2.24, 2.45) is 0 Å². The Balaban J connectivity index is 1.76. The van der Waals surface area contributed by atoms with Crippen LogP contribution in [-0.4, -0.2) is 9.97 Å². The first kappa shape index (κ1) is 14.5. The van der Waals surface area contributed by atoms with Crippen LogP contribution >= 0.6 is 11.6 Å². The molecule has 110 valence electrons. The molecule has 0 fully saturated rings. The van der Waals surface area contributed by atoms with Crippen LogP contribution in [0.2, 0.25) is 5.28 Å². The van der Waals surface area contributed by atoms with Crippen molar-refractivity contribution in [1.82, 2.24) is 9.97 Å². The van der Waals surface area contributed by atoms with Gasteiger partial charge < -0.3 is 4.74 Å². The van der Waals surface area contributed by atoms with E-state index in [0.29, 0.717) is 23.5 Å². The standard InChI is InChI=1S/C17H12ClFN2O/c18-17-20-9-13(10-21-17)15-7-6-14(8-16(15)19)22-11-12-4-2-1-3-5-12/h1-10H,11H2. The van der Waals surface area contributed by atoms with Crippen LogP contribution < -0.4 is 4.74 Å². The van der Waals surface area contributed by atoms with E-state index in [1.54, 1.807) is 12.1 Å². The molecule has 0 aliphatic carbocycles. The Kier molecular flexibility index (Phi) is 4.30. The molecule has 0 aliphatic rings. The summed E-state index contributed by atoms with van der Waals surface area (Å²) < 4.78 is 19.8. The predicted molar refractivity (Wildman–Crippen MR) is 83.2 cm³/mol. The molecule has 1 heterocycles. The van der Waals surface area contributed by atoms with Crippen LogP contribution in [0.5, 0.6) is 5.75 Å². The van der Waals surface area contributed by atoms with Crippen LogP contribution in [0.3, 0.4) is 0 Å².